The van der Waals surface area contributed by atoms with E-state index in [-0.39, 0.29) is 11.9 Å². The van der Waals surface area contributed by atoms with Crippen molar-refractivity contribution in [3.63, 3.8) is 0 Å². The molecular weight excluding hydrogens is 294 g/mol. The van der Waals surface area contributed by atoms with Crippen molar-refractivity contribution < 1.29 is 13.9 Å². The van der Waals surface area contributed by atoms with Gasteiger partial charge in [-0.2, -0.15) is 11.8 Å². The monoisotopic (exact) mass is 311 g/mol. The molecule has 0 fully saturated rings. The van der Waals surface area contributed by atoms with Crippen LogP contribution in [0.15, 0.2) is 21.9 Å². The molecule has 0 aromatic carbocycles. The number of oxazole rings is 1. The number of carbonyl (C=O) groups excluding carboxylic acids is 1. The van der Waals surface area contributed by atoms with E-state index in [0.717, 1.165) is 22.1 Å². The van der Waals surface area contributed by atoms with Crippen molar-refractivity contribution in [1.29, 1.82) is 0 Å². The standard InChI is InChI=1S/C14H17NO3S2/c1-9(14(16)17-3)7-19-8-11-10(2)18-13(15-11)12-5-4-6-20-12/h4-6,9H,7-8H2,1-3H3. The van der Waals surface area contributed by atoms with Gasteiger partial charge in [-0.1, -0.05) is 13.0 Å². The Labute approximate surface area is 126 Å². The highest BCUT2D eigenvalue weighted by atomic mass is 32.2. The fourth-order valence-corrected chi connectivity index (χ4v) is 3.39. The van der Waals surface area contributed by atoms with E-state index in [9.17, 15) is 4.79 Å². The molecule has 2 aromatic rings. The van der Waals surface area contributed by atoms with Gasteiger partial charge in [0.05, 0.1) is 23.6 Å². The van der Waals surface area contributed by atoms with Gasteiger partial charge >= 0.3 is 5.97 Å². The predicted octanol–water partition coefficient (Wildman–Crippen LogP) is 3.75. The third-order valence-corrected chi connectivity index (χ3v) is 4.91. The van der Waals surface area contributed by atoms with E-state index < -0.39 is 0 Å². The first-order valence-corrected chi connectivity index (χ1v) is 8.31. The lowest BCUT2D eigenvalue weighted by Crippen LogP contribution is -2.14. The number of nitrogens with zero attached hydrogens (tertiary/aromatic N) is 1. The molecule has 2 heterocycles. The number of thiophene rings is 1. The van der Waals surface area contributed by atoms with Gasteiger partial charge in [0.15, 0.2) is 0 Å². The number of esters is 1. The Balaban J connectivity index is 1.92. The molecule has 0 amide bonds. The molecule has 0 aliphatic carbocycles. The fourth-order valence-electron chi connectivity index (χ4n) is 1.67. The molecule has 4 nitrogen and oxygen atoms in total. The van der Waals surface area contributed by atoms with Crippen LogP contribution in [-0.4, -0.2) is 23.8 Å². The van der Waals surface area contributed by atoms with Crippen LogP contribution in [-0.2, 0) is 15.3 Å². The molecule has 0 radical (unpaired) electrons. The van der Waals surface area contributed by atoms with Crippen molar-refractivity contribution in [3.8, 4) is 10.8 Å². The number of carbonyl (C=O) groups is 1. The molecule has 2 rings (SSSR count). The lowest BCUT2D eigenvalue weighted by molar-refractivity contribution is -0.143. The van der Waals surface area contributed by atoms with E-state index in [2.05, 4.69) is 4.98 Å². The maximum atomic E-state index is 11.3. The number of rotatable bonds is 6. The van der Waals surface area contributed by atoms with E-state index in [1.807, 2.05) is 31.4 Å². The molecule has 0 spiro atoms. The molecule has 6 heteroatoms. The number of thioether (sulfide) groups is 1. The summed E-state index contributed by atoms with van der Waals surface area (Å²) in [5.74, 6) is 2.69. The first kappa shape index (κ1) is 15.1. The zero-order valence-corrected chi connectivity index (χ0v) is 13.3. The Kier molecular flexibility index (Phi) is 5.25. The minimum Gasteiger partial charge on any atom is -0.469 e. The van der Waals surface area contributed by atoms with Gasteiger partial charge in [-0.25, -0.2) is 4.98 Å². The summed E-state index contributed by atoms with van der Waals surface area (Å²) >= 11 is 3.27. The number of hydrogen-bond donors (Lipinski definition) is 0. The third kappa shape index (κ3) is 3.64. The maximum Gasteiger partial charge on any atom is 0.309 e. The van der Waals surface area contributed by atoms with Gasteiger partial charge in [-0.3, -0.25) is 4.79 Å². The second-order valence-corrected chi connectivity index (χ2v) is 6.42. The van der Waals surface area contributed by atoms with Gasteiger partial charge in [0, 0.05) is 11.5 Å². The van der Waals surface area contributed by atoms with E-state index in [1.165, 1.54) is 7.11 Å². The summed E-state index contributed by atoms with van der Waals surface area (Å²) in [6, 6.07) is 3.97. The Morgan fingerprint density at radius 1 is 1.60 bits per heavy atom. The Bertz CT molecular complexity index is 563. The van der Waals surface area contributed by atoms with Gasteiger partial charge in [-0.15, -0.1) is 11.3 Å². The van der Waals surface area contributed by atoms with Crippen molar-refractivity contribution >= 4 is 29.1 Å². The van der Waals surface area contributed by atoms with Crippen LogP contribution >= 0.6 is 23.1 Å². The molecule has 0 saturated carbocycles. The number of hydrogen-bond acceptors (Lipinski definition) is 6. The second-order valence-electron chi connectivity index (χ2n) is 4.44. The summed E-state index contributed by atoms with van der Waals surface area (Å²) in [6.07, 6.45) is 0. The summed E-state index contributed by atoms with van der Waals surface area (Å²) in [6.45, 7) is 3.79. The topological polar surface area (TPSA) is 52.3 Å². The Hall–Kier alpha value is -1.27. The van der Waals surface area contributed by atoms with Crippen molar-refractivity contribution in [2.24, 2.45) is 5.92 Å². The van der Waals surface area contributed by atoms with Crippen LogP contribution in [0.3, 0.4) is 0 Å². The molecular formula is C14H17NO3S2. The smallest absolute Gasteiger partial charge is 0.309 e. The van der Waals surface area contributed by atoms with Crippen LogP contribution in [0.2, 0.25) is 0 Å². The number of methoxy groups -OCH3 is 1. The van der Waals surface area contributed by atoms with Crippen molar-refractivity contribution in [1.82, 2.24) is 4.98 Å². The van der Waals surface area contributed by atoms with E-state index in [0.29, 0.717) is 11.6 Å². The van der Waals surface area contributed by atoms with Gasteiger partial charge in [0.25, 0.3) is 0 Å². The molecule has 1 unspecified atom stereocenters. The third-order valence-electron chi connectivity index (χ3n) is 2.83. The Morgan fingerprint density at radius 2 is 2.40 bits per heavy atom. The molecule has 0 bridgehead atoms. The van der Waals surface area contributed by atoms with Gasteiger partial charge in [0.2, 0.25) is 5.89 Å². The zero-order chi connectivity index (χ0) is 14.5. The van der Waals surface area contributed by atoms with Gasteiger partial charge < -0.3 is 9.15 Å². The fraction of sp³-hybridized carbons (Fsp3) is 0.429. The summed E-state index contributed by atoms with van der Waals surface area (Å²) in [4.78, 5) is 16.9. The van der Waals surface area contributed by atoms with Crippen molar-refractivity contribution in [2.75, 3.05) is 12.9 Å². The van der Waals surface area contributed by atoms with Crippen LogP contribution in [0.5, 0.6) is 0 Å². The van der Waals surface area contributed by atoms with Crippen LogP contribution < -0.4 is 0 Å². The quantitative estimate of drug-likeness (QED) is 0.760. The molecule has 0 N–H and O–H groups in total. The highest BCUT2D eigenvalue weighted by Gasteiger charge is 2.15. The van der Waals surface area contributed by atoms with Crippen molar-refractivity contribution in [2.45, 2.75) is 19.6 Å². The molecule has 1 atom stereocenters. The predicted molar refractivity (Wildman–Crippen MR) is 81.9 cm³/mol. The number of ether oxygens (including phenoxy) is 1. The summed E-state index contributed by atoms with van der Waals surface area (Å²) in [7, 11) is 1.42. The van der Waals surface area contributed by atoms with E-state index in [4.69, 9.17) is 9.15 Å². The van der Waals surface area contributed by atoms with Gasteiger partial charge in [-0.05, 0) is 18.4 Å². The summed E-state index contributed by atoms with van der Waals surface area (Å²) in [5, 5.41) is 2.00. The van der Waals surface area contributed by atoms with Crippen LogP contribution in [0.4, 0.5) is 0 Å². The second kappa shape index (κ2) is 6.95. The normalized spacial score (nSPS) is 12.3. The lowest BCUT2D eigenvalue weighted by Gasteiger charge is -2.07. The number of aromatic nitrogens is 1. The van der Waals surface area contributed by atoms with Crippen LogP contribution in [0.1, 0.15) is 18.4 Å². The first-order valence-electron chi connectivity index (χ1n) is 6.27. The minimum absolute atomic E-state index is 0.103. The SMILES string of the molecule is COC(=O)C(C)CSCc1nc(-c2cccs2)oc1C. The lowest BCUT2D eigenvalue weighted by atomic mass is 10.2. The average Bonchev–Trinajstić information content (AvgIpc) is 3.07. The van der Waals surface area contributed by atoms with Crippen LogP contribution in [0, 0.1) is 12.8 Å². The summed E-state index contributed by atoms with van der Waals surface area (Å²) in [5.41, 5.74) is 0.940. The molecule has 0 aliphatic rings. The minimum atomic E-state index is -0.173. The molecule has 0 saturated heterocycles. The van der Waals surface area contributed by atoms with E-state index in [1.54, 1.807) is 23.1 Å². The van der Waals surface area contributed by atoms with Gasteiger partial charge in [0.1, 0.15) is 5.76 Å². The molecule has 20 heavy (non-hydrogen) atoms. The largest absolute Gasteiger partial charge is 0.469 e. The first-order chi connectivity index (χ1) is 9.61. The molecule has 0 aliphatic heterocycles. The Morgan fingerprint density at radius 3 is 3.05 bits per heavy atom. The molecule has 2 aromatic heterocycles. The summed E-state index contributed by atoms with van der Waals surface area (Å²) < 4.78 is 10.4. The average molecular weight is 311 g/mol. The molecule has 108 valence electrons. The zero-order valence-electron chi connectivity index (χ0n) is 11.7. The number of aryl methyl sites for hydroxylation is 1. The van der Waals surface area contributed by atoms with Crippen molar-refractivity contribution in [3.05, 3.63) is 29.0 Å². The van der Waals surface area contributed by atoms with E-state index >= 15 is 0 Å². The van der Waals surface area contributed by atoms with Crippen LogP contribution in [0.25, 0.3) is 10.8 Å². The maximum absolute atomic E-state index is 11.3. The highest BCUT2D eigenvalue weighted by molar-refractivity contribution is 7.98. The highest BCUT2D eigenvalue weighted by Crippen LogP contribution is 2.27.